The van der Waals surface area contributed by atoms with Crippen LogP contribution in [0.3, 0.4) is 0 Å². The average molecular weight is 305 g/mol. The number of nitrogens with one attached hydrogen (secondary N) is 2. The number of hydrogen-bond donors (Lipinski definition) is 2. The van der Waals surface area contributed by atoms with Crippen LogP contribution in [0.5, 0.6) is 0 Å². The maximum atomic E-state index is 11.9. The summed E-state index contributed by atoms with van der Waals surface area (Å²) in [5.74, 6) is -0.354. The Morgan fingerprint density at radius 3 is 2.68 bits per heavy atom. The first kappa shape index (κ1) is 17.9. The Bertz CT molecular complexity index is 477. The number of nitrogens with zero attached hydrogens (tertiary/aromatic N) is 1. The van der Waals surface area contributed by atoms with Gasteiger partial charge in [0.2, 0.25) is 5.91 Å². The lowest BCUT2D eigenvalue weighted by molar-refractivity contribution is -0.121. The summed E-state index contributed by atoms with van der Waals surface area (Å²) in [5, 5.41) is 4.83. The maximum Gasteiger partial charge on any atom is 0.321 e. The van der Waals surface area contributed by atoms with E-state index in [9.17, 15) is 9.59 Å². The Morgan fingerprint density at radius 2 is 2.05 bits per heavy atom. The summed E-state index contributed by atoms with van der Waals surface area (Å²) in [6.45, 7) is 5.76. The van der Waals surface area contributed by atoms with Crippen LogP contribution in [0.25, 0.3) is 0 Å². The van der Waals surface area contributed by atoms with E-state index in [-0.39, 0.29) is 12.5 Å². The molecule has 2 N–H and O–H groups in total. The van der Waals surface area contributed by atoms with E-state index in [1.165, 1.54) is 0 Å². The molecule has 22 heavy (non-hydrogen) atoms. The molecule has 0 bridgehead atoms. The first-order valence-corrected chi connectivity index (χ1v) is 7.09. The van der Waals surface area contributed by atoms with Gasteiger partial charge in [-0.15, -0.1) is 6.58 Å². The van der Waals surface area contributed by atoms with Gasteiger partial charge >= 0.3 is 6.03 Å². The first-order valence-electron chi connectivity index (χ1n) is 7.09. The van der Waals surface area contributed by atoms with E-state index < -0.39 is 6.03 Å². The molecule has 0 saturated heterocycles. The van der Waals surface area contributed by atoms with Crippen molar-refractivity contribution in [2.24, 2.45) is 0 Å². The summed E-state index contributed by atoms with van der Waals surface area (Å²) in [6, 6.07) is 9.31. The molecule has 0 heterocycles. The highest BCUT2D eigenvalue weighted by molar-refractivity contribution is 5.95. The molecule has 0 atom stereocenters. The quantitative estimate of drug-likeness (QED) is 0.530. The van der Waals surface area contributed by atoms with Gasteiger partial charge in [0.1, 0.15) is 0 Å². The monoisotopic (exact) mass is 305 g/mol. The van der Waals surface area contributed by atoms with E-state index in [1.54, 1.807) is 13.2 Å². The van der Waals surface area contributed by atoms with Crippen molar-refractivity contribution in [1.82, 2.24) is 15.5 Å². The van der Waals surface area contributed by atoms with Crippen molar-refractivity contribution in [1.29, 1.82) is 0 Å². The number of hydrogen-bond acceptors (Lipinski definition) is 4. The molecular formula is C16H23N3O3. The summed E-state index contributed by atoms with van der Waals surface area (Å²) in [4.78, 5) is 25.3. The van der Waals surface area contributed by atoms with Gasteiger partial charge in [0.25, 0.3) is 0 Å². The number of carbonyl (C=O) groups is 2. The molecule has 0 fully saturated rings. The van der Waals surface area contributed by atoms with Crippen LogP contribution in [0.4, 0.5) is 4.79 Å². The Morgan fingerprint density at radius 1 is 1.32 bits per heavy atom. The first-order chi connectivity index (χ1) is 10.7. The molecule has 1 aromatic rings. The number of carbonyl (C=O) groups excluding carboxylic acids is 2. The molecule has 0 unspecified atom stereocenters. The molecule has 0 radical (unpaired) electrons. The number of rotatable bonds is 9. The summed E-state index contributed by atoms with van der Waals surface area (Å²) < 4.78 is 4.81. The molecule has 6 heteroatoms. The van der Waals surface area contributed by atoms with E-state index in [0.717, 1.165) is 5.56 Å². The van der Waals surface area contributed by atoms with Gasteiger partial charge in [-0.1, -0.05) is 36.4 Å². The number of amides is 3. The average Bonchev–Trinajstić information content (AvgIpc) is 2.48. The second-order valence-corrected chi connectivity index (χ2v) is 4.74. The zero-order valence-corrected chi connectivity index (χ0v) is 12.9. The van der Waals surface area contributed by atoms with E-state index in [2.05, 4.69) is 17.2 Å². The standard InChI is InChI=1S/C16H23N3O3/c1-3-10-19(12-14-7-5-4-6-8-14)13-15(20)18-16(21)17-9-11-22-2/h3-8H,1,9-13H2,2H3,(H2,17,18,20,21). The second kappa shape index (κ2) is 10.5. The van der Waals surface area contributed by atoms with Gasteiger partial charge in [0, 0.05) is 26.7 Å². The number of ether oxygens (including phenoxy) is 1. The Hall–Kier alpha value is -2.18. The fourth-order valence-corrected chi connectivity index (χ4v) is 1.89. The molecule has 0 spiro atoms. The highest BCUT2D eigenvalue weighted by atomic mass is 16.5. The van der Waals surface area contributed by atoms with Crippen LogP contribution in [0.15, 0.2) is 43.0 Å². The van der Waals surface area contributed by atoms with Crippen molar-refractivity contribution < 1.29 is 14.3 Å². The van der Waals surface area contributed by atoms with Crippen molar-refractivity contribution in [3.8, 4) is 0 Å². The van der Waals surface area contributed by atoms with Gasteiger partial charge in [-0.05, 0) is 5.56 Å². The van der Waals surface area contributed by atoms with Gasteiger partial charge in [0.15, 0.2) is 0 Å². The number of urea groups is 1. The maximum absolute atomic E-state index is 11.9. The molecule has 0 aliphatic rings. The zero-order valence-electron chi connectivity index (χ0n) is 12.9. The molecule has 1 aromatic carbocycles. The van der Waals surface area contributed by atoms with E-state index >= 15 is 0 Å². The molecule has 0 aliphatic heterocycles. The lowest BCUT2D eigenvalue weighted by atomic mass is 10.2. The Kier molecular flexibility index (Phi) is 8.56. The molecule has 120 valence electrons. The van der Waals surface area contributed by atoms with Crippen LogP contribution in [0.1, 0.15) is 5.56 Å². The Balaban J connectivity index is 2.43. The minimum atomic E-state index is -0.514. The molecule has 3 amide bonds. The molecular weight excluding hydrogens is 282 g/mol. The van der Waals surface area contributed by atoms with Crippen LogP contribution in [-0.2, 0) is 16.1 Å². The van der Waals surface area contributed by atoms with Gasteiger partial charge in [-0.2, -0.15) is 0 Å². The molecule has 1 rings (SSSR count). The number of imide groups is 1. The summed E-state index contributed by atoms with van der Waals surface area (Å²) in [7, 11) is 1.54. The second-order valence-electron chi connectivity index (χ2n) is 4.74. The molecule has 6 nitrogen and oxygen atoms in total. The third-order valence-corrected chi connectivity index (χ3v) is 2.85. The minimum Gasteiger partial charge on any atom is -0.383 e. The number of benzene rings is 1. The molecule has 0 saturated carbocycles. The summed E-state index contributed by atoms with van der Waals surface area (Å²) in [6.07, 6.45) is 1.73. The van der Waals surface area contributed by atoms with Crippen molar-refractivity contribution in [2.45, 2.75) is 6.54 Å². The normalized spacial score (nSPS) is 10.3. The van der Waals surface area contributed by atoms with E-state index in [4.69, 9.17) is 4.74 Å². The van der Waals surface area contributed by atoms with Gasteiger partial charge in [-0.3, -0.25) is 15.0 Å². The van der Waals surface area contributed by atoms with Gasteiger partial charge in [-0.25, -0.2) is 4.79 Å². The smallest absolute Gasteiger partial charge is 0.321 e. The third-order valence-electron chi connectivity index (χ3n) is 2.85. The van der Waals surface area contributed by atoms with Gasteiger partial charge < -0.3 is 10.1 Å². The van der Waals surface area contributed by atoms with Crippen molar-refractivity contribution >= 4 is 11.9 Å². The Labute approximate surface area is 131 Å². The SMILES string of the molecule is C=CCN(CC(=O)NC(=O)NCCOC)Cc1ccccc1. The van der Waals surface area contributed by atoms with E-state index in [1.807, 2.05) is 35.2 Å². The van der Waals surface area contributed by atoms with Crippen LogP contribution < -0.4 is 10.6 Å². The largest absolute Gasteiger partial charge is 0.383 e. The minimum absolute atomic E-state index is 0.124. The van der Waals surface area contributed by atoms with Crippen LogP contribution in [0.2, 0.25) is 0 Å². The lowest BCUT2D eigenvalue weighted by Gasteiger charge is -2.20. The fourth-order valence-electron chi connectivity index (χ4n) is 1.89. The van der Waals surface area contributed by atoms with Crippen LogP contribution in [-0.4, -0.2) is 50.2 Å². The van der Waals surface area contributed by atoms with Crippen LogP contribution in [0, 0.1) is 0 Å². The lowest BCUT2D eigenvalue weighted by Crippen LogP contribution is -2.45. The molecule has 0 aliphatic carbocycles. The summed E-state index contributed by atoms with van der Waals surface area (Å²) in [5.41, 5.74) is 1.10. The topological polar surface area (TPSA) is 70.7 Å². The predicted molar refractivity (Wildman–Crippen MR) is 85.3 cm³/mol. The summed E-state index contributed by atoms with van der Waals surface area (Å²) >= 11 is 0. The molecule has 0 aromatic heterocycles. The van der Waals surface area contributed by atoms with Gasteiger partial charge in [0.05, 0.1) is 13.2 Å². The highest BCUT2D eigenvalue weighted by Crippen LogP contribution is 2.04. The van der Waals surface area contributed by atoms with Crippen LogP contribution >= 0.6 is 0 Å². The predicted octanol–water partition coefficient (Wildman–Crippen LogP) is 1.15. The van der Waals surface area contributed by atoms with Crippen molar-refractivity contribution in [2.75, 3.05) is 33.4 Å². The fraction of sp³-hybridized carbons (Fsp3) is 0.375. The van der Waals surface area contributed by atoms with Crippen molar-refractivity contribution in [3.05, 3.63) is 48.6 Å². The highest BCUT2D eigenvalue weighted by Gasteiger charge is 2.12. The number of methoxy groups -OCH3 is 1. The zero-order chi connectivity index (χ0) is 16.2. The van der Waals surface area contributed by atoms with E-state index in [0.29, 0.717) is 26.2 Å². The van der Waals surface area contributed by atoms with Crippen molar-refractivity contribution in [3.63, 3.8) is 0 Å². The third kappa shape index (κ3) is 7.56.